The number of likely N-dealkylation sites (N-methyl/N-ethyl adjacent to an activating group) is 1. The third kappa shape index (κ3) is 7.92. The standard InChI is InChI=1S/C15H31N/c1-8-14(9-2)10-13(3)11-16(7)12-15(4,5)6/h14H,3,8-12H2,1-2,4-7H3. The predicted molar refractivity (Wildman–Crippen MR) is 74.8 cm³/mol. The molecule has 0 saturated carbocycles. The zero-order chi connectivity index (χ0) is 12.8. The van der Waals surface area contributed by atoms with Crippen molar-refractivity contribution in [2.45, 2.75) is 53.9 Å². The summed E-state index contributed by atoms with van der Waals surface area (Å²) in [6.07, 6.45) is 3.75. The molecule has 0 aliphatic rings. The van der Waals surface area contributed by atoms with Gasteiger partial charge in [0, 0.05) is 13.1 Å². The molecular weight excluding hydrogens is 194 g/mol. The fourth-order valence-corrected chi connectivity index (χ4v) is 2.30. The van der Waals surface area contributed by atoms with Crippen LogP contribution in [0.15, 0.2) is 12.2 Å². The number of hydrogen-bond donors (Lipinski definition) is 0. The number of rotatable bonds is 7. The molecule has 1 heteroatoms. The molecule has 0 aromatic carbocycles. The van der Waals surface area contributed by atoms with Crippen molar-refractivity contribution in [3.05, 3.63) is 12.2 Å². The van der Waals surface area contributed by atoms with E-state index in [4.69, 9.17) is 0 Å². The lowest BCUT2D eigenvalue weighted by Gasteiger charge is -2.27. The van der Waals surface area contributed by atoms with Crippen molar-refractivity contribution < 1.29 is 0 Å². The topological polar surface area (TPSA) is 3.24 Å². The molecule has 0 fully saturated rings. The first-order chi connectivity index (χ1) is 7.28. The molecule has 0 bridgehead atoms. The van der Waals surface area contributed by atoms with Crippen LogP contribution in [0.2, 0.25) is 0 Å². The number of nitrogens with zero attached hydrogens (tertiary/aromatic N) is 1. The zero-order valence-electron chi connectivity index (χ0n) is 12.3. The summed E-state index contributed by atoms with van der Waals surface area (Å²) in [5, 5.41) is 0. The molecule has 0 aromatic rings. The lowest BCUT2D eigenvalue weighted by atomic mass is 9.93. The highest BCUT2D eigenvalue weighted by Crippen LogP contribution is 2.19. The second kappa shape index (κ2) is 7.11. The fourth-order valence-electron chi connectivity index (χ4n) is 2.30. The van der Waals surface area contributed by atoms with Gasteiger partial charge in [-0.1, -0.05) is 59.6 Å². The summed E-state index contributed by atoms with van der Waals surface area (Å²) in [6, 6.07) is 0. The van der Waals surface area contributed by atoms with E-state index in [-0.39, 0.29) is 0 Å². The molecule has 0 aromatic heterocycles. The van der Waals surface area contributed by atoms with Gasteiger partial charge >= 0.3 is 0 Å². The quantitative estimate of drug-likeness (QED) is 0.582. The van der Waals surface area contributed by atoms with E-state index in [1.165, 1.54) is 24.8 Å². The molecular formula is C15H31N. The predicted octanol–water partition coefficient (Wildman–Crippen LogP) is 4.35. The highest BCUT2D eigenvalue weighted by atomic mass is 15.1. The van der Waals surface area contributed by atoms with Gasteiger partial charge in [-0.15, -0.1) is 0 Å². The Balaban J connectivity index is 3.95. The largest absolute Gasteiger partial charge is 0.302 e. The van der Waals surface area contributed by atoms with Gasteiger partial charge < -0.3 is 4.90 Å². The molecule has 96 valence electrons. The summed E-state index contributed by atoms with van der Waals surface area (Å²) >= 11 is 0. The van der Waals surface area contributed by atoms with Crippen LogP contribution in [0, 0.1) is 11.3 Å². The maximum Gasteiger partial charge on any atom is 0.0187 e. The summed E-state index contributed by atoms with van der Waals surface area (Å²) in [7, 11) is 2.20. The van der Waals surface area contributed by atoms with Gasteiger partial charge in [-0.25, -0.2) is 0 Å². The molecule has 0 rings (SSSR count). The van der Waals surface area contributed by atoms with Crippen LogP contribution in [0.25, 0.3) is 0 Å². The smallest absolute Gasteiger partial charge is 0.0187 e. The van der Waals surface area contributed by atoms with Gasteiger partial charge in [0.15, 0.2) is 0 Å². The average Bonchev–Trinajstić information content (AvgIpc) is 2.10. The van der Waals surface area contributed by atoms with Gasteiger partial charge in [-0.05, 0) is 24.8 Å². The lowest BCUT2D eigenvalue weighted by Crippen LogP contribution is -2.31. The molecule has 0 spiro atoms. The Labute approximate surface area is 103 Å². The SMILES string of the molecule is C=C(CC(CC)CC)CN(C)CC(C)(C)C. The van der Waals surface area contributed by atoms with Gasteiger partial charge in [-0.2, -0.15) is 0 Å². The lowest BCUT2D eigenvalue weighted by molar-refractivity contribution is 0.237. The Kier molecular flexibility index (Phi) is 6.98. The van der Waals surface area contributed by atoms with E-state index < -0.39 is 0 Å². The molecule has 16 heavy (non-hydrogen) atoms. The second-order valence-corrected chi connectivity index (χ2v) is 6.37. The summed E-state index contributed by atoms with van der Waals surface area (Å²) in [6.45, 7) is 17.8. The highest BCUT2D eigenvalue weighted by molar-refractivity contribution is 4.98. The molecule has 0 N–H and O–H groups in total. The molecule has 0 heterocycles. The van der Waals surface area contributed by atoms with Crippen LogP contribution in [0.4, 0.5) is 0 Å². The van der Waals surface area contributed by atoms with Crippen molar-refractivity contribution in [2.24, 2.45) is 11.3 Å². The third-order valence-electron chi connectivity index (χ3n) is 2.97. The van der Waals surface area contributed by atoms with E-state index >= 15 is 0 Å². The summed E-state index contributed by atoms with van der Waals surface area (Å²) in [4.78, 5) is 2.39. The van der Waals surface area contributed by atoms with Crippen LogP contribution in [-0.2, 0) is 0 Å². The zero-order valence-corrected chi connectivity index (χ0v) is 12.3. The van der Waals surface area contributed by atoms with Gasteiger partial charge in [0.2, 0.25) is 0 Å². The molecule has 0 saturated heterocycles. The summed E-state index contributed by atoms with van der Waals surface area (Å²) < 4.78 is 0. The maximum atomic E-state index is 4.22. The maximum absolute atomic E-state index is 4.22. The first-order valence-electron chi connectivity index (χ1n) is 6.63. The molecule has 0 radical (unpaired) electrons. The molecule has 0 unspecified atom stereocenters. The molecule has 0 aliphatic carbocycles. The molecule has 0 aliphatic heterocycles. The van der Waals surface area contributed by atoms with Crippen LogP contribution in [0.3, 0.4) is 0 Å². The van der Waals surface area contributed by atoms with E-state index in [2.05, 4.69) is 53.1 Å². The van der Waals surface area contributed by atoms with Crippen LogP contribution < -0.4 is 0 Å². The van der Waals surface area contributed by atoms with Crippen molar-refractivity contribution in [3.63, 3.8) is 0 Å². The minimum atomic E-state index is 0.379. The summed E-state index contributed by atoms with van der Waals surface area (Å²) in [5.41, 5.74) is 1.77. The van der Waals surface area contributed by atoms with Crippen molar-refractivity contribution in [1.29, 1.82) is 0 Å². The van der Waals surface area contributed by atoms with E-state index in [9.17, 15) is 0 Å². The van der Waals surface area contributed by atoms with E-state index in [0.29, 0.717) is 5.41 Å². The first-order valence-corrected chi connectivity index (χ1v) is 6.63. The van der Waals surface area contributed by atoms with Gasteiger partial charge in [-0.3, -0.25) is 0 Å². The highest BCUT2D eigenvalue weighted by Gasteiger charge is 2.14. The monoisotopic (exact) mass is 225 g/mol. The Bertz CT molecular complexity index is 196. The molecule has 0 amide bonds. The van der Waals surface area contributed by atoms with Crippen molar-refractivity contribution in [1.82, 2.24) is 4.90 Å². The van der Waals surface area contributed by atoms with E-state index in [1.807, 2.05) is 0 Å². The Morgan fingerprint density at radius 2 is 1.69 bits per heavy atom. The summed E-state index contributed by atoms with van der Waals surface area (Å²) in [5.74, 6) is 0.829. The average molecular weight is 225 g/mol. The minimum absolute atomic E-state index is 0.379. The first kappa shape index (κ1) is 15.7. The van der Waals surface area contributed by atoms with Gasteiger partial charge in [0.05, 0.1) is 0 Å². The van der Waals surface area contributed by atoms with E-state index in [0.717, 1.165) is 19.0 Å². The van der Waals surface area contributed by atoms with Gasteiger partial charge in [0.1, 0.15) is 0 Å². The van der Waals surface area contributed by atoms with Crippen LogP contribution >= 0.6 is 0 Å². The van der Waals surface area contributed by atoms with E-state index in [1.54, 1.807) is 0 Å². The number of hydrogen-bond acceptors (Lipinski definition) is 1. The minimum Gasteiger partial charge on any atom is -0.302 e. The van der Waals surface area contributed by atoms with Crippen LogP contribution in [0.1, 0.15) is 53.9 Å². The van der Waals surface area contributed by atoms with Crippen LogP contribution in [-0.4, -0.2) is 25.0 Å². The molecule has 0 atom stereocenters. The third-order valence-corrected chi connectivity index (χ3v) is 2.97. The van der Waals surface area contributed by atoms with Crippen molar-refractivity contribution in [3.8, 4) is 0 Å². The van der Waals surface area contributed by atoms with Crippen molar-refractivity contribution in [2.75, 3.05) is 20.1 Å². The van der Waals surface area contributed by atoms with Crippen LogP contribution in [0.5, 0.6) is 0 Å². The Morgan fingerprint density at radius 1 is 1.19 bits per heavy atom. The normalized spacial score (nSPS) is 12.5. The Hall–Kier alpha value is -0.300. The Morgan fingerprint density at radius 3 is 2.06 bits per heavy atom. The fraction of sp³-hybridized carbons (Fsp3) is 0.867. The second-order valence-electron chi connectivity index (χ2n) is 6.37. The van der Waals surface area contributed by atoms with Gasteiger partial charge in [0.25, 0.3) is 0 Å². The molecule has 1 nitrogen and oxygen atoms in total. The van der Waals surface area contributed by atoms with Crippen molar-refractivity contribution >= 4 is 0 Å².